The third-order valence-electron chi connectivity index (χ3n) is 3.06. The molecule has 104 valence electrons. The predicted octanol–water partition coefficient (Wildman–Crippen LogP) is 4.05. The molecule has 0 bridgehead atoms. The molecule has 1 unspecified atom stereocenters. The van der Waals surface area contributed by atoms with Crippen molar-refractivity contribution in [2.24, 2.45) is 0 Å². The van der Waals surface area contributed by atoms with Crippen molar-refractivity contribution in [1.82, 2.24) is 5.32 Å². The molecule has 0 aromatic heterocycles. The van der Waals surface area contributed by atoms with Crippen LogP contribution in [-0.2, 0) is 4.79 Å². The molecule has 0 aliphatic rings. The van der Waals surface area contributed by atoms with Gasteiger partial charge in [0, 0.05) is 4.90 Å². The average Bonchev–Trinajstić information content (AvgIpc) is 2.52. The molecule has 0 spiro atoms. The normalized spacial score (nSPS) is 11.8. The van der Waals surface area contributed by atoms with E-state index in [4.69, 9.17) is 0 Å². The standard InChI is InChI=1S/C17H19NOS/c1-2-16(14-9-5-3-6-10-14)18-17(19)13-20-15-11-7-4-8-12-15/h3-12,16H,2,13H2,1H3,(H,18,19). The van der Waals surface area contributed by atoms with Gasteiger partial charge in [0.2, 0.25) is 5.91 Å². The van der Waals surface area contributed by atoms with Crippen LogP contribution in [-0.4, -0.2) is 11.7 Å². The first-order valence-electron chi connectivity index (χ1n) is 6.81. The van der Waals surface area contributed by atoms with Crippen LogP contribution < -0.4 is 5.32 Å². The highest BCUT2D eigenvalue weighted by Crippen LogP contribution is 2.19. The van der Waals surface area contributed by atoms with E-state index in [1.807, 2.05) is 48.5 Å². The van der Waals surface area contributed by atoms with Crippen LogP contribution in [0.4, 0.5) is 0 Å². The van der Waals surface area contributed by atoms with Gasteiger partial charge in [0.25, 0.3) is 0 Å². The first-order valence-corrected chi connectivity index (χ1v) is 7.80. The van der Waals surface area contributed by atoms with Crippen molar-refractivity contribution in [1.29, 1.82) is 0 Å². The monoisotopic (exact) mass is 285 g/mol. The number of hydrogen-bond acceptors (Lipinski definition) is 2. The Labute approximate surface area is 124 Å². The summed E-state index contributed by atoms with van der Waals surface area (Å²) in [7, 11) is 0. The van der Waals surface area contributed by atoms with E-state index in [9.17, 15) is 4.79 Å². The number of hydrogen-bond donors (Lipinski definition) is 1. The largest absolute Gasteiger partial charge is 0.349 e. The van der Waals surface area contributed by atoms with Gasteiger partial charge in [-0.3, -0.25) is 4.79 Å². The Morgan fingerprint density at radius 2 is 1.65 bits per heavy atom. The number of carbonyl (C=O) groups excluding carboxylic acids is 1. The van der Waals surface area contributed by atoms with E-state index in [-0.39, 0.29) is 11.9 Å². The Bertz CT molecular complexity index is 527. The minimum Gasteiger partial charge on any atom is -0.349 e. The van der Waals surface area contributed by atoms with Crippen molar-refractivity contribution in [3.8, 4) is 0 Å². The molecule has 2 aromatic rings. The van der Waals surface area contributed by atoms with Gasteiger partial charge in [-0.15, -0.1) is 11.8 Å². The van der Waals surface area contributed by atoms with Crippen molar-refractivity contribution in [2.45, 2.75) is 24.3 Å². The van der Waals surface area contributed by atoms with Gasteiger partial charge >= 0.3 is 0 Å². The maximum absolute atomic E-state index is 12.0. The second kappa shape index (κ2) is 7.75. The average molecular weight is 285 g/mol. The first kappa shape index (κ1) is 14.7. The van der Waals surface area contributed by atoms with Crippen LogP contribution >= 0.6 is 11.8 Å². The second-order valence-corrected chi connectivity index (χ2v) is 5.59. The summed E-state index contributed by atoms with van der Waals surface area (Å²) in [5.74, 6) is 0.530. The van der Waals surface area contributed by atoms with Crippen LogP contribution in [0.1, 0.15) is 24.9 Å². The highest BCUT2D eigenvalue weighted by molar-refractivity contribution is 8.00. The lowest BCUT2D eigenvalue weighted by Crippen LogP contribution is -2.29. The van der Waals surface area contributed by atoms with Crippen LogP contribution in [0.5, 0.6) is 0 Å². The molecule has 20 heavy (non-hydrogen) atoms. The van der Waals surface area contributed by atoms with Crippen molar-refractivity contribution in [3.63, 3.8) is 0 Å². The molecular weight excluding hydrogens is 266 g/mol. The summed E-state index contributed by atoms with van der Waals surface area (Å²) in [6, 6.07) is 20.2. The molecule has 1 atom stereocenters. The molecule has 1 N–H and O–H groups in total. The second-order valence-electron chi connectivity index (χ2n) is 4.54. The molecule has 0 aliphatic carbocycles. The van der Waals surface area contributed by atoms with Crippen LogP contribution in [0.25, 0.3) is 0 Å². The molecule has 3 heteroatoms. The van der Waals surface area contributed by atoms with Crippen molar-refractivity contribution in [2.75, 3.05) is 5.75 Å². The minimum atomic E-state index is 0.0783. The van der Waals surface area contributed by atoms with Crippen LogP contribution in [0.3, 0.4) is 0 Å². The number of benzene rings is 2. The fourth-order valence-corrected chi connectivity index (χ4v) is 2.74. The molecule has 0 fully saturated rings. The third kappa shape index (κ3) is 4.42. The molecule has 2 nitrogen and oxygen atoms in total. The Balaban J connectivity index is 1.87. The Hall–Kier alpha value is -1.74. The maximum atomic E-state index is 12.0. The van der Waals surface area contributed by atoms with Crippen molar-refractivity contribution >= 4 is 17.7 Å². The molecule has 2 aromatic carbocycles. The number of amides is 1. The summed E-state index contributed by atoms with van der Waals surface area (Å²) in [5.41, 5.74) is 1.16. The van der Waals surface area contributed by atoms with Gasteiger partial charge in [-0.05, 0) is 24.1 Å². The van der Waals surface area contributed by atoms with Crippen molar-refractivity contribution < 1.29 is 4.79 Å². The molecule has 0 saturated carbocycles. The predicted molar refractivity (Wildman–Crippen MR) is 84.8 cm³/mol. The highest BCUT2D eigenvalue weighted by Gasteiger charge is 2.12. The summed E-state index contributed by atoms with van der Waals surface area (Å²) in [4.78, 5) is 13.1. The fraction of sp³-hybridized carbons (Fsp3) is 0.235. The number of rotatable bonds is 6. The van der Waals surface area contributed by atoms with Gasteiger partial charge in [0.05, 0.1) is 11.8 Å². The van der Waals surface area contributed by atoms with Crippen LogP contribution in [0.15, 0.2) is 65.6 Å². The summed E-state index contributed by atoms with van der Waals surface area (Å²) in [6.45, 7) is 2.09. The van der Waals surface area contributed by atoms with Gasteiger partial charge in [-0.1, -0.05) is 55.5 Å². The van der Waals surface area contributed by atoms with E-state index >= 15 is 0 Å². The van der Waals surface area contributed by atoms with Crippen LogP contribution in [0, 0.1) is 0 Å². The highest BCUT2D eigenvalue weighted by atomic mass is 32.2. The third-order valence-corrected chi connectivity index (χ3v) is 4.07. The summed E-state index contributed by atoms with van der Waals surface area (Å²) in [6.07, 6.45) is 0.895. The lowest BCUT2D eigenvalue weighted by molar-refractivity contribution is -0.119. The quantitative estimate of drug-likeness (QED) is 0.811. The zero-order valence-electron chi connectivity index (χ0n) is 11.6. The molecule has 1 amide bonds. The number of nitrogens with one attached hydrogen (secondary N) is 1. The Kier molecular flexibility index (Phi) is 5.69. The van der Waals surface area contributed by atoms with E-state index in [1.54, 1.807) is 11.8 Å². The maximum Gasteiger partial charge on any atom is 0.230 e. The minimum absolute atomic E-state index is 0.0783. The van der Waals surface area contributed by atoms with Gasteiger partial charge in [-0.25, -0.2) is 0 Å². The summed E-state index contributed by atoms with van der Waals surface area (Å²) < 4.78 is 0. The Morgan fingerprint density at radius 1 is 1.05 bits per heavy atom. The van der Waals surface area contributed by atoms with E-state index in [0.717, 1.165) is 16.9 Å². The molecule has 0 radical (unpaired) electrons. The van der Waals surface area contributed by atoms with Crippen molar-refractivity contribution in [3.05, 3.63) is 66.2 Å². The Morgan fingerprint density at radius 3 is 2.25 bits per heavy atom. The zero-order valence-corrected chi connectivity index (χ0v) is 12.4. The lowest BCUT2D eigenvalue weighted by atomic mass is 10.0. The van der Waals surface area contributed by atoms with E-state index in [1.165, 1.54) is 0 Å². The summed E-state index contributed by atoms with van der Waals surface area (Å²) >= 11 is 1.56. The zero-order chi connectivity index (χ0) is 14.2. The molecule has 0 saturated heterocycles. The SMILES string of the molecule is CCC(NC(=O)CSc1ccccc1)c1ccccc1. The van der Waals surface area contributed by atoms with Gasteiger partial charge < -0.3 is 5.32 Å². The number of thioether (sulfide) groups is 1. The first-order chi connectivity index (χ1) is 9.79. The van der Waals surface area contributed by atoms with Crippen LogP contribution in [0.2, 0.25) is 0 Å². The van der Waals surface area contributed by atoms with Gasteiger partial charge in [-0.2, -0.15) is 0 Å². The topological polar surface area (TPSA) is 29.1 Å². The summed E-state index contributed by atoms with van der Waals surface area (Å²) in [5, 5.41) is 3.09. The van der Waals surface area contributed by atoms with E-state index < -0.39 is 0 Å². The fourth-order valence-electron chi connectivity index (χ4n) is 2.01. The lowest BCUT2D eigenvalue weighted by Gasteiger charge is -2.17. The molecule has 0 aliphatic heterocycles. The van der Waals surface area contributed by atoms with Gasteiger partial charge in [0.15, 0.2) is 0 Å². The van der Waals surface area contributed by atoms with Gasteiger partial charge in [0.1, 0.15) is 0 Å². The molecule has 2 rings (SSSR count). The van der Waals surface area contributed by atoms with E-state index in [0.29, 0.717) is 5.75 Å². The molecule has 0 heterocycles. The number of carbonyl (C=O) groups is 1. The molecular formula is C17H19NOS. The van der Waals surface area contributed by atoms with E-state index in [2.05, 4.69) is 24.4 Å². The smallest absolute Gasteiger partial charge is 0.230 e.